The molecule has 0 aromatic heterocycles. The van der Waals surface area contributed by atoms with E-state index in [-0.39, 0.29) is 38.3 Å². The van der Waals surface area contributed by atoms with Crippen LogP contribution in [0.3, 0.4) is 0 Å². The SMILES string of the molecule is COC([CH-]N=Cc1cccc(C(=O)O)c1)OC.[Y]. The van der Waals surface area contributed by atoms with Crippen LogP contribution < -0.4 is 0 Å². The van der Waals surface area contributed by atoms with Crippen LogP contribution in [0.25, 0.3) is 0 Å². The number of nitrogens with zero attached hydrogens (tertiary/aromatic N) is 1. The summed E-state index contributed by atoms with van der Waals surface area (Å²) < 4.78 is 9.83. The number of carboxylic acid groups (broad SMARTS) is 1. The fourth-order valence-electron chi connectivity index (χ4n) is 1.17. The van der Waals surface area contributed by atoms with Crippen molar-refractivity contribution in [2.75, 3.05) is 14.2 Å². The smallest absolute Gasteiger partial charge is 0.335 e. The van der Waals surface area contributed by atoms with Crippen molar-refractivity contribution >= 4 is 12.2 Å². The molecule has 0 unspecified atom stereocenters. The summed E-state index contributed by atoms with van der Waals surface area (Å²) in [4.78, 5) is 14.7. The van der Waals surface area contributed by atoms with Gasteiger partial charge in [0, 0.05) is 46.9 Å². The van der Waals surface area contributed by atoms with Gasteiger partial charge in [0.1, 0.15) is 6.29 Å². The van der Waals surface area contributed by atoms with Crippen LogP contribution in [0.4, 0.5) is 0 Å². The predicted octanol–water partition coefficient (Wildman–Crippen LogP) is 1.58. The minimum Gasteiger partial charge on any atom is -0.478 e. The molecule has 1 N–H and O–H groups in total. The van der Waals surface area contributed by atoms with Crippen molar-refractivity contribution < 1.29 is 52.1 Å². The van der Waals surface area contributed by atoms with E-state index in [1.54, 1.807) is 12.1 Å². The molecule has 0 amide bonds. The summed E-state index contributed by atoms with van der Waals surface area (Å²) >= 11 is 0. The Morgan fingerprint density at radius 1 is 1.44 bits per heavy atom. The Hall–Kier alpha value is -0.746. The van der Waals surface area contributed by atoms with E-state index in [1.165, 1.54) is 39.1 Å². The topological polar surface area (TPSA) is 68.1 Å². The third kappa shape index (κ3) is 5.73. The van der Waals surface area contributed by atoms with Crippen molar-refractivity contribution in [3.05, 3.63) is 41.9 Å². The van der Waals surface area contributed by atoms with Crippen LogP contribution in [0, 0.1) is 6.54 Å². The van der Waals surface area contributed by atoms with E-state index in [2.05, 4.69) is 4.99 Å². The number of carbonyl (C=O) groups is 1. The van der Waals surface area contributed by atoms with Crippen LogP contribution in [0.5, 0.6) is 0 Å². The second kappa shape index (κ2) is 9.22. The van der Waals surface area contributed by atoms with Crippen molar-refractivity contribution in [1.29, 1.82) is 0 Å². The van der Waals surface area contributed by atoms with Crippen LogP contribution in [0.2, 0.25) is 0 Å². The van der Waals surface area contributed by atoms with E-state index in [0.717, 1.165) is 0 Å². The first-order valence-electron chi connectivity index (χ1n) is 4.93. The zero-order chi connectivity index (χ0) is 12.7. The quantitative estimate of drug-likeness (QED) is 0.490. The Bertz CT molecular complexity index is 405. The maximum atomic E-state index is 10.7. The maximum Gasteiger partial charge on any atom is 0.335 e. The molecule has 0 bridgehead atoms. The van der Waals surface area contributed by atoms with E-state index in [0.29, 0.717) is 5.56 Å². The number of methoxy groups -OCH3 is 2. The van der Waals surface area contributed by atoms with Crippen molar-refractivity contribution in [2.24, 2.45) is 4.99 Å². The Labute approximate surface area is 131 Å². The van der Waals surface area contributed by atoms with Gasteiger partial charge in [0.15, 0.2) is 0 Å². The van der Waals surface area contributed by atoms with E-state index in [1.807, 2.05) is 0 Å². The van der Waals surface area contributed by atoms with Crippen LogP contribution >= 0.6 is 0 Å². The second-order valence-corrected chi connectivity index (χ2v) is 3.20. The second-order valence-electron chi connectivity index (χ2n) is 3.20. The molecule has 1 radical (unpaired) electrons. The number of aliphatic imine (C=N–C) groups is 1. The zero-order valence-corrected chi connectivity index (χ0v) is 13.1. The molecule has 0 aliphatic heterocycles. The first kappa shape index (κ1) is 17.3. The zero-order valence-electron chi connectivity index (χ0n) is 10.2. The summed E-state index contributed by atoms with van der Waals surface area (Å²) in [5.41, 5.74) is 0.927. The molecule has 1 rings (SSSR count). The van der Waals surface area contributed by atoms with Gasteiger partial charge in [-0.2, -0.15) is 0 Å². The van der Waals surface area contributed by atoms with Crippen LogP contribution in [-0.4, -0.2) is 37.8 Å². The third-order valence-corrected chi connectivity index (χ3v) is 2.03. The van der Waals surface area contributed by atoms with Gasteiger partial charge in [-0.3, -0.25) is 0 Å². The largest absolute Gasteiger partial charge is 0.478 e. The summed E-state index contributed by atoms with van der Waals surface area (Å²) in [6.07, 6.45) is 1.03. The minimum atomic E-state index is -0.962. The number of benzene rings is 1. The fraction of sp³-hybridized carbons (Fsp3) is 0.250. The number of aromatic carboxylic acids is 1. The van der Waals surface area contributed by atoms with Crippen molar-refractivity contribution in [2.45, 2.75) is 6.29 Å². The molecular weight excluding hydrogens is 311 g/mol. The van der Waals surface area contributed by atoms with E-state index in [4.69, 9.17) is 14.6 Å². The van der Waals surface area contributed by atoms with Gasteiger partial charge in [0.05, 0.1) is 5.56 Å². The van der Waals surface area contributed by atoms with Gasteiger partial charge < -0.3 is 19.6 Å². The average Bonchev–Trinajstić information content (AvgIpc) is 2.35. The van der Waals surface area contributed by atoms with Gasteiger partial charge in [-0.25, -0.2) is 4.79 Å². The van der Waals surface area contributed by atoms with Crippen LogP contribution in [0.15, 0.2) is 29.3 Å². The molecule has 0 heterocycles. The average molecular weight is 325 g/mol. The molecule has 0 saturated heterocycles. The van der Waals surface area contributed by atoms with Gasteiger partial charge in [0.2, 0.25) is 0 Å². The number of rotatable bonds is 6. The summed E-state index contributed by atoms with van der Waals surface area (Å²) in [5.74, 6) is -0.962. The molecule has 5 nitrogen and oxygen atoms in total. The first-order chi connectivity index (χ1) is 8.17. The van der Waals surface area contributed by atoms with Gasteiger partial charge in [-0.1, -0.05) is 30.3 Å². The molecule has 0 fully saturated rings. The number of ether oxygens (including phenoxy) is 2. The molecule has 6 heteroatoms. The Balaban J connectivity index is 0.00000289. The Morgan fingerprint density at radius 3 is 2.67 bits per heavy atom. The van der Waals surface area contributed by atoms with Gasteiger partial charge in [0.25, 0.3) is 0 Å². The number of carboxylic acids is 1. The summed E-state index contributed by atoms with van der Waals surface area (Å²) in [7, 11) is 3.01. The van der Waals surface area contributed by atoms with Gasteiger partial charge in [-0.15, -0.1) is 6.21 Å². The summed E-state index contributed by atoms with van der Waals surface area (Å²) in [5, 5.41) is 8.81. The molecule has 0 aliphatic carbocycles. The number of hydrogen-bond donors (Lipinski definition) is 1. The Kier molecular flexibility index (Phi) is 8.84. The normalized spacial score (nSPS) is 10.4. The van der Waals surface area contributed by atoms with Crippen LogP contribution in [-0.2, 0) is 42.2 Å². The van der Waals surface area contributed by atoms with E-state index >= 15 is 0 Å². The van der Waals surface area contributed by atoms with Crippen molar-refractivity contribution in [3.63, 3.8) is 0 Å². The molecule has 0 saturated carbocycles. The monoisotopic (exact) mass is 325 g/mol. The van der Waals surface area contributed by atoms with Crippen molar-refractivity contribution in [1.82, 2.24) is 0 Å². The minimum absolute atomic E-state index is 0. The van der Waals surface area contributed by atoms with E-state index < -0.39 is 12.3 Å². The summed E-state index contributed by atoms with van der Waals surface area (Å²) in [6, 6.07) is 6.48. The molecule has 1 aromatic rings. The molecule has 95 valence electrons. The fourth-order valence-corrected chi connectivity index (χ4v) is 1.17. The Morgan fingerprint density at radius 2 is 2.11 bits per heavy atom. The molecule has 0 atom stereocenters. The third-order valence-electron chi connectivity index (χ3n) is 2.03. The van der Waals surface area contributed by atoms with Gasteiger partial charge in [-0.05, 0) is 6.07 Å². The standard InChI is InChI=1S/C12H14NO4.Y/c1-16-11(17-2)8-13-7-9-4-3-5-10(6-9)12(14)15;/h3-8,11H,1-2H3,(H,14,15);/q-1;. The summed E-state index contributed by atoms with van der Waals surface area (Å²) in [6.45, 7) is 1.48. The number of hydrogen-bond acceptors (Lipinski definition) is 4. The van der Waals surface area contributed by atoms with Crippen molar-refractivity contribution in [3.8, 4) is 0 Å². The predicted molar refractivity (Wildman–Crippen MR) is 63.1 cm³/mol. The molecular formula is C12H14NO4Y-. The molecule has 0 aliphatic rings. The van der Waals surface area contributed by atoms with Crippen LogP contribution in [0.1, 0.15) is 15.9 Å². The van der Waals surface area contributed by atoms with E-state index in [9.17, 15) is 4.79 Å². The maximum absolute atomic E-state index is 10.7. The molecule has 0 spiro atoms. The molecule has 18 heavy (non-hydrogen) atoms. The first-order valence-corrected chi connectivity index (χ1v) is 4.93. The van der Waals surface area contributed by atoms with Gasteiger partial charge >= 0.3 is 5.97 Å². The molecule has 1 aromatic carbocycles.